The Morgan fingerprint density at radius 2 is 1.95 bits per heavy atom. The predicted molar refractivity (Wildman–Crippen MR) is 65.7 cm³/mol. The minimum Gasteiger partial charge on any atom is -0.477 e. The normalized spacial score (nSPS) is 15.4. The van der Waals surface area contributed by atoms with Crippen molar-refractivity contribution in [1.82, 2.24) is 9.38 Å². The first-order valence-electron chi connectivity index (χ1n) is 6.07. The summed E-state index contributed by atoms with van der Waals surface area (Å²) in [5.41, 5.74) is 0.318. The zero-order valence-electron chi connectivity index (χ0n) is 10.0. The Labute approximate surface area is 108 Å². The van der Waals surface area contributed by atoms with E-state index in [0.717, 1.165) is 19.3 Å². The summed E-state index contributed by atoms with van der Waals surface area (Å²) < 4.78 is 1.47. The zero-order chi connectivity index (χ0) is 13.6. The molecule has 2 aromatic heterocycles. The van der Waals surface area contributed by atoms with E-state index < -0.39 is 11.9 Å². The smallest absolute Gasteiger partial charge is 0.356 e. The van der Waals surface area contributed by atoms with E-state index in [2.05, 4.69) is 4.98 Å². The fraction of sp³-hybridized carbons (Fsp3) is 0.308. The number of aromatic nitrogens is 2. The maximum Gasteiger partial charge on any atom is 0.356 e. The van der Waals surface area contributed by atoms with Crippen LogP contribution in [0.25, 0.3) is 5.52 Å². The van der Waals surface area contributed by atoms with Gasteiger partial charge in [-0.25, -0.2) is 14.6 Å². The summed E-state index contributed by atoms with van der Waals surface area (Å²) >= 11 is 0. The average Bonchev–Trinajstić information content (AvgIpc) is 2.66. The molecule has 1 aliphatic rings. The molecule has 98 valence electrons. The summed E-state index contributed by atoms with van der Waals surface area (Å²) in [7, 11) is 0. The molecule has 3 rings (SSSR count). The second-order valence-electron chi connectivity index (χ2n) is 4.69. The van der Waals surface area contributed by atoms with Crippen LogP contribution >= 0.6 is 0 Å². The monoisotopic (exact) mass is 260 g/mol. The van der Waals surface area contributed by atoms with Crippen LogP contribution in [0.4, 0.5) is 0 Å². The van der Waals surface area contributed by atoms with Crippen molar-refractivity contribution in [3.8, 4) is 0 Å². The molecule has 2 heterocycles. The largest absolute Gasteiger partial charge is 0.477 e. The fourth-order valence-corrected chi connectivity index (χ4v) is 2.43. The number of nitrogens with zero attached hydrogens (tertiary/aromatic N) is 2. The van der Waals surface area contributed by atoms with Gasteiger partial charge in [-0.15, -0.1) is 0 Å². The van der Waals surface area contributed by atoms with Gasteiger partial charge < -0.3 is 10.2 Å². The van der Waals surface area contributed by atoms with Gasteiger partial charge in [-0.3, -0.25) is 4.40 Å². The molecule has 1 aliphatic carbocycles. The number of fused-ring (bicyclic) bond motifs is 1. The minimum absolute atomic E-state index is 0.0550. The number of hydrogen-bond acceptors (Lipinski definition) is 3. The van der Waals surface area contributed by atoms with Gasteiger partial charge in [0.05, 0.1) is 5.52 Å². The Morgan fingerprint density at radius 1 is 1.21 bits per heavy atom. The summed E-state index contributed by atoms with van der Waals surface area (Å²) in [6.45, 7) is 0. The van der Waals surface area contributed by atoms with Gasteiger partial charge in [0, 0.05) is 5.92 Å². The highest BCUT2D eigenvalue weighted by Crippen LogP contribution is 2.37. The first-order valence-corrected chi connectivity index (χ1v) is 6.07. The number of aromatic carboxylic acids is 2. The predicted octanol–water partition coefficient (Wildman–Crippen LogP) is 2.00. The molecule has 2 N–H and O–H groups in total. The maximum atomic E-state index is 11.3. The van der Waals surface area contributed by atoms with Crippen LogP contribution in [0.1, 0.15) is 52.0 Å². The number of carboxylic acid groups (broad SMARTS) is 2. The van der Waals surface area contributed by atoms with Gasteiger partial charge in [0.2, 0.25) is 0 Å². The molecule has 0 amide bonds. The van der Waals surface area contributed by atoms with Crippen molar-refractivity contribution in [1.29, 1.82) is 0 Å². The molecule has 6 heteroatoms. The lowest BCUT2D eigenvalue weighted by atomic mass is 9.85. The number of carboxylic acids is 2. The summed E-state index contributed by atoms with van der Waals surface area (Å²) in [5, 5.41) is 18.4. The van der Waals surface area contributed by atoms with Crippen molar-refractivity contribution < 1.29 is 19.8 Å². The van der Waals surface area contributed by atoms with Gasteiger partial charge in [-0.1, -0.05) is 12.5 Å². The van der Waals surface area contributed by atoms with E-state index in [0.29, 0.717) is 11.3 Å². The Balaban J connectivity index is 2.34. The van der Waals surface area contributed by atoms with Crippen molar-refractivity contribution >= 4 is 17.5 Å². The molecule has 0 saturated heterocycles. The summed E-state index contributed by atoms with van der Waals surface area (Å²) in [6, 6.07) is 4.59. The fourth-order valence-electron chi connectivity index (χ4n) is 2.43. The van der Waals surface area contributed by atoms with Gasteiger partial charge in [-0.2, -0.15) is 0 Å². The van der Waals surface area contributed by atoms with Crippen LogP contribution in [0.3, 0.4) is 0 Å². The first kappa shape index (κ1) is 11.7. The lowest BCUT2D eigenvalue weighted by Crippen LogP contribution is -2.15. The van der Waals surface area contributed by atoms with Crippen LogP contribution in [0.2, 0.25) is 0 Å². The second kappa shape index (κ2) is 4.08. The standard InChI is InChI=1S/C13H12N2O4/c16-12(17)9-6-2-5-8-10(13(18)19)14-11(15(8)9)7-3-1-4-7/h2,5-7H,1,3-4H2,(H,16,17)(H,18,19). The molecule has 0 radical (unpaired) electrons. The highest BCUT2D eigenvalue weighted by molar-refractivity contribution is 5.95. The van der Waals surface area contributed by atoms with Crippen molar-refractivity contribution in [3.05, 3.63) is 35.4 Å². The number of pyridine rings is 1. The molecule has 19 heavy (non-hydrogen) atoms. The topological polar surface area (TPSA) is 91.9 Å². The van der Waals surface area contributed by atoms with Gasteiger partial charge in [0.1, 0.15) is 11.5 Å². The van der Waals surface area contributed by atoms with Gasteiger partial charge in [-0.05, 0) is 25.0 Å². The van der Waals surface area contributed by atoms with E-state index in [1.165, 1.54) is 16.5 Å². The van der Waals surface area contributed by atoms with E-state index in [1.54, 1.807) is 6.07 Å². The Bertz CT molecular complexity index is 685. The van der Waals surface area contributed by atoms with Crippen LogP contribution in [0.5, 0.6) is 0 Å². The summed E-state index contributed by atoms with van der Waals surface area (Å²) in [4.78, 5) is 26.6. The molecular formula is C13H12N2O4. The number of hydrogen-bond donors (Lipinski definition) is 2. The summed E-state index contributed by atoms with van der Waals surface area (Å²) in [5.74, 6) is -1.51. The maximum absolute atomic E-state index is 11.3. The molecule has 2 aromatic rings. The summed E-state index contributed by atoms with van der Waals surface area (Å²) in [6.07, 6.45) is 2.91. The second-order valence-corrected chi connectivity index (χ2v) is 4.69. The minimum atomic E-state index is -1.13. The molecule has 1 saturated carbocycles. The Morgan fingerprint density at radius 3 is 2.47 bits per heavy atom. The first-order chi connectivity index (χ1) is 9.09. The van der Waals surface area contributed by atoms with Gasteiger partial charge >= 0.3 is 11.9 Å². The Hall–Kier alpha value is -2.37. The van der Waals surface area contributed by atoms with Crippen molar-refractivity contribution in [2.24, 2.45) is 0 Å². The SMILES string of the molecule is O=C(O)c1nc(C2CCC2)n2c(C(=O)O)cccc12. The van der Waals surface area contributed by atoms with Crippen LogP contribution < -0.4 is 0 Å². The lowest BCUT2D eigenvalue weighted by molar-refractivity contribution is 0.0678. The van der Waals surface area contributed by atoms with Crippen LogP contribution in [0, 0.1) is 0 Å². The van der Waals surface area contributed by atoms with E-state index in [9.17, 15) is 19.8 Å². The highest BCUT2D eigenvalue weighted by atomic mass is 16.4. The molecule has 0 bridgehead atoms. The number of rotatable bonds is 3. The molecular weight excluding hydrogens is 248 g/mol. The van der Waals surface area contributed by atoms with E-state index in [1.807, 2.05) is 0 Å². The highest BCUT2D eigenvalue weighted by Gasteiger charge is 2.29. The third-order valence-electron chi connectivity index (χ3n) is 3.58. The van der Waals surface area contributed by atoms with Gasteiger partial charge in [0.15, 0.2) is 5.69 Å². The number of carbonyl (C=O) groups is 2. The molecule has 0 unspecified atom stereocenters. The Kier molecular flexibility index (Phi) is 2.51. The van der Waals surface area contributed by atoms with Crippen LogP contribution in [-0.2, 0) is 0 Å². The van der Waals surface area contributed by atoms with Crippen molar-refractivity contribution in [3.63, 3.8) is 0 Å². The molecule has 0 aliphatic heterocycles. The van der Waals surface area contributed by atoms with E-state index in [-0.39, 0.29) is 17.3 Å². The van der Waals surface area contributed by atoms with E-state index >= 15 is 0 Å². The molecule has 6 nitrogen and oxygen atoms in total. The average molecular weight is 260 g/mol. The van der Waals surface area contributed by atoms with Crippen molar-refractivity contribution in [2.45, 2.75) is 25.2 Å². The lowest BCUT2D eigenvalue weighted by Gasteiger charge is -2.24. The zero-order valence-corrected chi connectivity index (χ0v) is 10.0. The molecule has 0 atom stereocenters. The molecule has 1 fully saturated rings. The van der Waals surface area contributed by atoms with Crippen LogP contribution in [-0.4, -0.2) is 31.5 Å². The molecule has 0 spiro atoms. The van der Waals surface area contributed by atoms with E-state index in [4.69, 9.17) is 0 Å². The van der Waals surface area contributed by atoms with Crippen molar-refractivity contribution in [2.75, 3.05) is 0 Å². The third-order valence-corrected chi connectivity index (χ3v) is 3.58. The number of imidazole rings is 1. The quantitative estimate of drug-likeness (QED) is 0.880. The molecule has 0 aromatic carbocycles. The van der Waals surface area contributed by atoms with Gasteiger partial charge in [0.25, 0.3) is 0 Å². The van der Waals surface area contributed by atoms with Crippen LogP contribution in [0.15, 0.2) is 18.2 Å². The third kappa shape index (κ3) is 1.68.